The second-order valence-corrected chi connectivity index (χ2v) is 31.9. The Bertz CT molecular complexity index is 3380. The molecule has 0 fully saturated rings. The van der Waals surface area contributed by atoms with Gasteiger partial charge in [0.05, 0.1) is 19.3 Å². The van der Waals surface area contributed by atoms with E-state index >= 15 is 0 Å². The number of carbonyl (C=O) groups excluding carboxylic acids is 3. The molecule has 0 amide bonds. The van der Waals surface area contributed by atoms with Crippen molar-refractivity contribution in [2.24, 2.45) is 0 Å². The average molecular weight is 1200 g/mol. The first-order valence-electron chi connectivity index (χ1n) is 31.8. The van der Waals surface area contributed by atoms with Gasteiger partial charge in [0.25, 0.3) is 0 Å². The lowest BCUT2D eigenvalue weighted by atomic mass is 9.74. The van der Waals surface area contributed by atoms with E-state index in [0.29, 0.717) is 23.7 Å². The minimum absolute atomic E-state index is 0.0345. The van der Waals surface area contributed by atoms with Gasteiger partial charge in [-0.1, -0.05) is 207 Å². The van der Waals surface area contributed by atoms with Gasteiger partial charge in [-0.25, -0.2) is 0 Å². The van der Waals surface area contributed by atoms with Crippen LogP contribution in [-0.2, 0) is 46.9 Å². The zero-order valence-corrected chi connectivity index (χ0v) is 58.2. The van der Waals surface area contributed by atoms with E-state index in [-0.39, 0.29) is 100 Å². The second-order valence-electron chi connectivity index (χ2n) is 31.9. The third kappa shape index (κ3) is 17.1. The molecule has 0 radical (unpaired) electrons. The van der Waals surface area contributed by atoms with Gasteiger partial charge in [0.15, 0.2) is 0 Å². The Kier molecular flexibility index (Phi) is 21.0. The molecule has 9 nitrogen and oxygen atoms in total. The van der Waals surface area contributed by atoms with Crippen molar-refractivity contribution in [3.63, 3.8) is 0 Å². The normalized spacial score (nSPS) is 14.4. The van der Waals surface area contributed by atoms with E-state index in [4.69, 9.17) is 14.2 Å². The predicted octanol–water partition coefficient (Wildman–Crippen LogP) is 20.1. The molecule has 476 valence electrons. The summed E-state index contributed by atoms with van der Waals surface area (Å²) in [7, 11) is 0. The molecule has 0 heterocycles. The van der Waals surface area contributed by atoms with E-state index in [1.54, 1.807) is 18.2 Å². The molecule has 0 bridgehead atoms. The van der Waals surface area contributed by atoms with Crippen LogP contribution in [-0.4, -0.2) is 33.2 Å². The maximum absolute atomic E-state index is 14.2. The highest BCUT2D eigenvalue weighted by Gasteiger charge is 2.34. The summed E-state index contributed by atoms with van der Waals surface area (Å²) >= 11 is 0. The van der Waals surface area contributed by atoms with Crippen molar-refractivity contribution in [1.29, 1.82) is 0 Å². The van der Waals surface area contributed by atoms with Crippen LogP contribution in [0.4, 0.5) is 0 Å². The Morgan fingerprint density at radius 3 is 0.830 bits per heavy atom. The molecule has 6 rings (SSSR count). The molecule has 0 aliphatic heterocycles. The van der Waals surface area contributed by atoms with Gasteiger partial charge < -0.3 is 29.5 Å². The summed E-state index contributed by atoms with van der Waals surface area (Å²) in [6.07, 6.45) is 1.11. The molecule has 88 heavy (non-hydrogen) atoms. The van der Waals surface area contributed by atoms with E-state index in [1.807, 2.05) is 75.4 Å². The minimum atomic E-state index is -0.448. The zero-order valence-electron chi connectivity index (χ0n) is 58.2. The summed E-state index contributed by atoms with van der Waals surface area (Å²) < 4.78 is 19.3. The Hall–Kier alpha value is -6.87. The lowest BCUT2D eigenvalue weighted by Gasteiger charge is -2.32. The first-order valence-corrected chi connectivity index (χ1v) is 31.8. The molecule has 6 aromatic carbocycles. The van der Waals surface area contributed by atoms with E-state index in [2.05, 4.69) is 171 Å². The van der Waals surface area contributed by atoms with Crippen LogP contribution in [0.15, 0.2) is 91.0 Å². The van der Waals surface area contributed by atoms with E-state index in [9.17, 15) is 29.7 Å². The third-order valence-corrected chi connectivity index (χ3v) is 17.7. The molecule has 6 aromatic rings. The van der Waals surface area contributed by atoms with Gasteiger partial charge in [0.2, 0.25) is 0 Å². The number of benzene rings is 6. The van der Waals surface area contributed by atoms with Crippen LogP contribution < -0.4 is 14.2 Å². The van der Waals surface area contributed by atoms with Gasteiger partial charge in [-0.3, -0.25) is 14.4 Å². The van der Waals surface area contributed by atoms with Crippen LogP contribution in [0, 0.1) is 20.8 Å². The minimum Gasteiger partial charge on any atom is -0.508 e. The monoisotopic (exact) mass is 1200 g/mol. The SMILES string of the molecule is Cc1cc(OC(=O)CC(C)c2ccc(O)c(C(C)(C)C)c2)c(C(C)(C)C)cc1C(C)CC(c1cc(C(C)(C)C)c(OC(=O)CC(C)c2ccc(O)c(C(C)(C)C)c2)cc1C)c1cc(C(C)(C)C)c(OC(=O)CC(C)c2ccc(O)c(C(C)(C)C)c2)cc1C. The van der Waals surface area contributed by atoms with Gasteiger partial charge in [-0.15, -0.1) is 0 Å². The lowest BCUT2D eigenvalue weighted by Crippen LogP contribution is -2.21. The lowest BCUT2D eigenvalue weighted by molar-refractivity contribution is -0.135. The van der Waals surface area contributed by atoms with Gasteiger partial charge in [-0.05, 0) is 187 Å². The van der Waals surface area contributed by atoms with Crippen LogP contribution in [0.3, 0.4) is 0 Å². The summed E-state index contributed by atoms with van der Waals surface area (Å²) in [6, 6.07) is 29.6. The van der Waals surface area contributed by atoms with Crippen molar-refractivity contribution in [2.45, 2.75) is 261 Å². The molecule has 0 aromatic heterocycles. The molecule has 0 saturated heterocycles. The van der Waals surface area contributed by atoms with Gasteiger partial charge in [0.1, 0.15) is 34.5 Å². The van der Waals surface area contributed by atoms with E-state index < -0.39 is 16.2 Å². The number of rotatable bonds is 17. The number of aryl methyl sites for hydroxylation is 3. The maximum atomic E-state index is 14.2. The van der Waals surface area contributed by atoms with Crippen LogP contribution in [0.2, 0.25) is 0 Å². The van der Waals surface area contributed by atoms with Crippen molar-refractivity contribution < 1.29 is 43.9 Å². The van der Waals surface area contributed by atoms with Crippen LogP contribution >= 0.6 is 0 Å². The fourth-order valence-corrected chi connectivity index (χ4v) is 12.3. The smallest absolute Gasteiger partial charge is 0.311 e. The molecular weight excluding hydrogens is 1090 g/mol. The van der Waals surface area contributed by atoms with Crippen LogP contribution in [0.5, 0.6) is 34.5 Å². The Morgan fingerprint density at radius 1 is 0.341 bits per heavy atom. The molecule has 0 aliphatic carbocycles. The maximum Gasteiger partial charge on any atom is 0.311 e. The van der Waals surface area contributed by atoms with Crippen molar-refractivity contribution in [3.8, 4) is 34.5 Å². The highest BCUT2D eigenvalue weighted by molar-refractivity contribution is 5.76. The number of aromatic hydroxyl groups is 3. The van der Waals surface area contributed by atoms with Crippen molar-refractivity contribution >= 4 is 17.9 Å². The second kappa shape index (κ2) is 26.3. The number of esters is 3. The third-order valence-electron chi connectivity index (χ3n) is 17.7. The molecular formula is C79H106O9. The molecule has 0 saturated carbocycles. The van der Waals surface area contributed by atoms with E-state index in [1.165, 1.54) is 0 Å². The number of phenols is 3. The summed E-state index contributed by atoms with van der Waals surface area (Å²) in [5.41, 5.74) is 12.2. The Morgan fingerprint density at radius 2 is 0.580 bits per heavy atom. The zero-order chi connectivity index (χ0) is 66.3. The first-order chi connectivity index (χ1) is 40.3. The predicted molar refractivity (Wildman–Crippen MR) is 361 cm³/mol. The summed E-state index contributed by atoms with van der Waals surface area (Å²) in [5.74, 6) is 0.550. The molecule has 4 atom stereocenters. The molecule has 0 spiro atoms. The van der Waals surface area contributed by atoms with E-state index in [0.717, 1.165) is 83.5 Å². The number of hydrogen-bond donors (Lipinski definition) is 3. The molecule has 3 N–H and O–H groups in total. The van der Waals surface area contributed by atoms with Gasteiger partial charge in [-0.2, -0.15) is 0 Å². The summed E-state index contributed by atoms with van der Waals surface area (Å²) in [4.78, 5) is 42.4. The van der Waals surface area contributed by atoms with Crippen LogP contribution in [0.1, 0.15) is 291 Å². The quantitative estimate of drug-likeness (QED) is 0.0601. The van der Waals surface area contributed by atoms with Crippen molar-refractivity contribution in [3.05, 3.63) is 174 Å². The number of ether oxygens (including phenoxy) is 3. The number of carbonyl (C=O) groups is 3. The van der Waals surface area contributed by atoms with Gasteiger partial charge in [0, 0.05) is 22.6 Å². The number of hydrogen-bond acceptors (Lipinski definition) is 9. The number of phenolic OH excluding ortho intramolecular Hbond substituents is 3. The molecule has 0 aliphatic rings. The largest absolute Gasteiger partial charge is 0.508 e. The average Bonchev–Trinajstić information content (AvgIpc) is 1.02. The standard InChI is InChI=1S/C79H106O9/c1-45(52-26-29-65(80)59(39-52)74(8,9)10)36-71(83)86-68-33-49(5)55(42-62(68)77(17,18)19)48(4)32-58(56-43-63(78(20,21)22)69(34-50(56)6)87-72(84)37-46(2)53-27-30-66(81)60(40-53)75(11,12)13)57-44-64(79(23,24)25)70(35-51(57)7)88-73(85)38-47(3)54-28-31-67(82)61(41-54)76(14,15)16/h26-31,33-35,39-48,58,80-82H,32,36-38H2,1-25H3. The summed E-state index contributed by atoms with van der Waals surface area (Å²) in [5, 5.41) is 32.1. The summed E-state index contributed by atoms with van der Waals surface area (Å²) in [6.45, 7) is 52.4. The van der Waals surface area contributed by atoms with Crippen molar-refractivity contribution in [1.82, 2.24) is 0 Å². The van der Waals surface area contributed by atoms with Gasteiger partial charge >= 0.3 is 17.9 Å². The fourth-order valence-electron chi connectivity index (χ4n) is 12.3. The molecule has 9 heteroatoms. The molecule has 4 unspecified atom stereocenters. The highest BCUT2D eigenvalue weighted by Crippen LogP contribution is 2.48. The topological polar surface area (TPSA) is 140 Å². The Balaban J connectivity index is 1.44. The fraction of sp³-hybridized carbons (Fsp3) is 0.506. The Labute approximate surface area is 529 Å². The van der Waals surface area contributed by atoms with Crippen molar-refractivity contribution in [2.75, 3.05) is 0 Å². The highest BCUT2D eigenvalue weighted by atomic mass is 16.5. The van der Waals surface area contributed by atoms with Crippen LogP contribution in [0.25, 0.3) is 0 Å². The first kappa shape index (κ1) is 70.2.